The number of aliphatic carboxylic acids is 1. The van der Waals surface area contributed by atoms with Crippen LogP contribution in [0, 0.1) is 6.92 Å². The number of hydrogen-bond donors (Lipinski definition) is 2. The van der Waals surface area contributed by atoms with Crippen LogP contribution in [-0.4, -0.2) is 23.5 Å². The van der Waals surface area contributed by atoms with E-state index in [9.17, 15) is 9.59 Å². The molecule has 4 heteroatoms. The van der Waals surface area contributed by atoms with Gasteiger partial charge in [0.25, 0.3) is 0 Å². The fourth-order valence-electron chi connectivity index (χ4n) is 1.41. The van der Waals surface area contributed by atoms with Gasteiger partial charge in [0.1, 0.15) is 0 Å². The highest BCUT2D eigenvalue weighted by Gasteiger charge is 2.04. The number of benzene rings is 1. The first-order valence-electron chi connectivity index (χ1n) is 5.62. The molecule has 0 bridgehead atoms. The van der Waals surface area contributed by atoms with Crippen molar-refractivity contribution in [3.63, 3.8) is 0 Å². The number of aryl methyl sites for hydroxylation is 1. The van der Waals surface area contributed by atoms with Crippen molar-refractivity contribution in [1.82, 2.24) is 5.32 Å². The summed E-state index contributed by atoms with van der Waals surface area (Å²) in [4.78, 5) is 21.5. The number of carbonyl (C=O) groups is 2. The lowest BCUT2D eigenvalue weighted by Gasteiger charge is -2.04. The third-order valence-corrected chi connectivity index (χ3v) is 2.42. The Hall–Kier alpha value is -1.84. The maximum Gasteiger partial charge on any atom is 0.303 e. The fraction of sp³-hybridized carbons (Fsp3) is 0.385. The van der Waals surface area contributed by atoms with Crippen LogP contribution in [0.25, 0.3) is 0 Å². The number of hydrogen-bond acceptors (Lipinski definition) is 2. The molecule has 1 amide bonds. The van der Waals surface area contributed by atoms with Gasteiger partial charge in [-0.2, -0.15) is 0 Å². The molecule has 0 heterocycles. The summed E-state index contributed by atoms with van der Waals surface area (Å²) in [5, 5.41) is 11.1. The molecule has 0 aliphatic rings. The fourth-order valence-corrected chi connectivity index (χ4v) is 1.41. The van der Waals surface area contributed by atoms with Crippen molar-refractivity contribution in [3.8, 4) is 0 Å². The summed E-state index contributed by atoms with van der Waals surface area (Å²) in [6.07, 6.45) is 0.693. The molecule has 0 spiro atoms. The molecule has 92 valence electrons. The van der Waals surface area contributed by atoms with Gasteiger partial charge in [0, 0.05) is 13.0 Å². The highest BCUT2D eigenvalue weighted by Crippen LogP contribution is 2.03. The first-order valence-corrected chi connectivity index (χ1v) is 5.62. The molecular formula is C13H17NO3. The minimum absolute atomic E-state index is 0.0449. The van der Waals surface area contributed by atoms with Crippen molar-refractivity contribution in [1.29, 1.82) is 0 Å². The summed E-state index contributed by atoms with van der Waals surface area (Å²) in [6, 6.07) is 8.11. The van der Waals surface area contributed by atoms with Crippen LogP contribution in [0.1, 0.15) is 24.0 Å². The first-order chi connectivity index (χ1) is 8.08. The van der Waals surface area contributed by atoms with Crippen LogP contribution in [-0.2, 0) is 16.0 Å². The van der Waals surface area contributed by atoms with Gasteiger partial charge in [-0.3, -0.25) is 9.59 Å². The van der Waals surface area contributed by atoms with E-state index in [2.05, 4.69) is 5.32 Å². The summed E-state index contributed by atoms with van der Waals surface area (Å²) >= 11 is 0. The van der Waals surface area contributed by atoms with Crippen LogP contribution in [0.3, 0.4) is 0 Å². The molecule has 0 atom stereocenters. The van der Waals surface area contributed by atoms with Crippen molar-refractivity contribution in [3.05, 3.63) is 35.4 Å². The van der Waals surface area contributed by atoms with Gasteiger partial charge >= 0.3 is 5.97 Å². The number of rotatable bonds is 6. The average Bonchev–Trinajstić information content (AvgIpc) is 2.29. The molecule has 0 unspecified atom stereocenters. The Morgan fingerprint density at radius 3 is 2.41 bits per heavy atom. The molecule has 1 aromatic carbocycles. The Kier molecular flexibility index (Phi) is 5.20. The van der Waals surface area contributed by atoms with E-state index in [-0.39, 0.29) is 18.7 Å². The predicted octanol–water partition coefficient (Wildman–Crippen LogP) is 1.52. The lowest BCUT2D eigenvalue weighted by Crippen LogP contribution is -2.25. The highest BCUT2D eigenvalue weighted by atomic mass is 16.4. The minimum atomic E-state index is -0.946. The average molecular weight is 235 g/mol. The molecule has 0 aliphatic carbocycles. The Bertz CT molecular complexity index is 384. The highest BCUT2D eigenvalue weighted by molar-refractivity contribution is 5.80. The summed E-state index contributed by atoms with van der Waals surface area (Å²) in [5.74, 6) is -1.15. The number of amides is 1. The summed E-state index contributed by atoms with van der Waals surface area (Å²) in [7, 11) is 0. The molecule has 0 saturated carbocycles. The van der Waals surface area contributed by atoms with E-state index in [1.54, 1.807) is 0 Å². The maximum atomic E-state index is 11.2. The first kappa shape index (κ1) is 13.2. The Balaban J connectivity index is 2.21. The third kappa shape index (κ3) is 5.70. The van der Waals surface area contributed by atoms with Crippen molar-refractivity contribution in [2.45, 2.75) is 26.2 Å². The predicted molar refractivity (Wildman–Crippen MR) is 64.8 cm³/mol. The lowest BCUT2D eigenvalue weighted by atomic mass is 10.1. The standard InChI is InChI=1S/C13H17NO3/c1-10-2-4-11(5-3-10)8-9-14-12(15)6-7-13(16)17/h2-5H,6-9H2,1H3,(H,14,15)(H,16,17). The maximum absolute atomic E-state index is 11.2. The zero-order valence-corrected chi connectivity index (χ0v) is 9.90. The molecule has 4 nitrogen and oxygen atoms in total. The SMILES string of the molecule is Cc1ccc(CCNC(=O)CCC(=O)O)cc1. The second-order valence-corrected chi connectivity index (χ2v) is 3.98. The van der Waals surface area contributed by atoms with Crippen LogP contribution in [0.2, 0.25) is 0 Å². The second-order valence-electron chi connectivity index (χ2n) is 3.98. The Labute approximate surface area is 101 Å². The molecule has 0 saturated heterocycles. The van der Waals surface area contributed by atoms with Gasteiger partial charge in [0.2, 0.25) is 5.91 Å². The zero-order chi connectivity index (χ0) is 12.7. The molecular weight excluding hydrogens is 218 g/mol. The van der Waals surface area contributed by atoms with E-state index >= 15 is 0 Å². The molecule has 0 radical (unpaired) electrons. The summed E-state index contributed by atoms with van der Waals surface area (Å²) in [6.45, 7) is 2.57. The number of carboxylic acid groups (broad SMARTS) is 1. The largest absolute Gasteiger partial charge is 0.481 e. The number of carbonyl (C=O) groups excluding carboxylic acids is 1. The lowest BCUT2D eigenvalue weighted by molar-refractivity contribution is -0.138. The van der Waals surface area contributed by atoms with Crippen LogP contribution in [0.15, 0.2) is 24.3 Å². The van der Waals surface area contributed by atoms with Gasteiger partial charge in [-0.1, -0.05) is 29.8 Å². The van der Waals surface area contributed by atoms with Gasteiger partial charge in [-0.05, 0) is 18.9 Å². The van der Waals surface area contributed by atoms with Crippen molar-refractivity contribution >= 4 is 11.9 Å². The van der Waals surface area contributed by atoms with E-state index in [4.69, 9.17) is 5.11 Å². The van der Waals surface area contributed by atoms with Crippen LogP contribution >= 0.6 is 0 Å². The van der Waals surface area contributed by atoms with E-state index in [0.717, 1.165) is 12.0 Å². The summed E-state index contributed by atoms with van der Waals surface area (Å²) < 4.78 is 0. The molecule has 0 aliphatic heterocycles. The van der Waals surface area contributed by atoms with Gasteiger partial charge in [0.15, 0.2) is 0 Å². The van der Waals surface area contributed by atoms with Crippen LogP contribution in [0.4, 0.5) is 0 Å². The van der Waals surface area contributed by atoms with Crippen LogP contribution in [0.5, 0.6) is 0 Å². The number of nitrogens with one attached hydrogen (secondary N) is 1. The van der Waals surface area contributed by atoms with Crippen molar-refractivity contribution in [2.75, 3.05) is 6.54 Å². The normalized spacial score (nSPS) is 9.94. The van der Waals surface area contributed by atoms with Gasteiger partial charge in [-0.15, -0.1) is 0 Å². The molecule has 0 aromatic heterocycles. The minimum Gasteiger partial charge on any atom is -0.481 e. The van der Waals surface area contributed by atoms with E-state index < -0.39 is 5.97 Å². The van der Waals surface area contributed by atoms with Gasteiger partial charge < -0.3 is 10.4 Å². The number of carboxylic acids is 1. The molecule has 0 fully saturated rings. The van der Waals surface area contributed by atoms with E-state index in [0.29, 0.717) is 6.54 Å². The molecule has 2 N–H and O–H groups in total. The van der Waals surface area contributed by atoms with Crippen LogP contribution < -0.4 is 5.32 Å². The topological polar surface area (TPSA) is 66.4 Å². The smallest absolute Gasteiger partial charge is 0.303 e. The molecule has 17 heavy (non-hydrogen) atoms. The molecule has 1 rings (SSSR count). The molecule has 1 aromatic rings. The van der Waals surface area contributed by atoms with E-state index in [1.807, 2.05) is 31.2 Å². The quantitative estimate of drug-likeness (QED) is 0.785. The Morgan fingerprint density at radius 2 is 1.82 bits per heavy atom. The van der Waals surface area contributed by atoms with Crippen molar-refractivity contribution < 1.29 is 14.7 Å². The van der Waals surface area contributed by atoms with Gasteiger partial charge in [-0.25, -0.2) is 0 Å². The zero-order valence-electron chi connectivity index (χ0n) is 9.90. The van der Waals surface area contributed by atoms with E-state index in [1.165, 1.54) is 5.56 Å². The van der Waals surface area contributed by atoms with Gasteiger partial charge in [0.05, 0.1) is 6.42 Å². The second kappa shape index (κ2) is 6.68. The Morgan fingerprint density at radius 1 is 1.18 bits per heavy atom. The monoisotopic (exact) mass is 235 g/mol. The van der Waals surface area contributed by atoms with Crippen molar-refractivity contribution in [2.24, 2.45) is 0 Å². The summed E-state index contributed by atoms with van der Waals surface area (Å²) in [5.41, 5.74) is 2.37. The third-order valence-electron chi connectivity index (χ3n) is 2.42.